The van der Waals surface area contributed by atoms with Crippen LogP contribution in [0.25, 0.3) is 11.4 Å². The minimum atomic E-state index is -0.196. The van der Waals surface area contributed by atoms with E-state index in [1.165, 1.54) is 0 Å². The van der Waals surface area contributed by atoms with Gasteiger partial charge in [0.2, 0.25) is 0 Å². The van der Waals surface area contributed by atoms with Crippen LogP contribution >= 0.6 is 11.6 Å². The van der Waals surface area contributed by atoms with Gasteiger partial charge in [0.15, 0.2) is 0 Å². The number of hydrogen-bond donors (Lipinski definition) is 0. The predicted octanol–water partition coefficient (Wildman–Crippen LogP) is 3.91. The van der Waals surface area contributed by atoms with Gasteiger partial charge >= 0.3 is 0 Å². The molecule has 138 valence electrons. The van der Waals surface area contributed by atoms with Crippen molar-refractivity contribution >= 4 is 17.5 Å². The number of aromatic nitrogens is 2. The van der Waals surface area contributed by atoms with Gasteiger partial charge in [0, 0.05) is 17.8 Å². The fraction of sp³-hybridized carbons (Fsp3) is 0.250. The van der Waals surface area contributed by atoms with Gasteiger partial charge in [-0.25, -0.2) is 0 Å². The smallest absolute Gasteiger partial charge is 0.259 e. The normalized spacial score (nSPS) is 17.1. The highest BCUT2D eigenvalue weighted by Crippen LogP contribution is 2.28. The van der Waals surface area contributed by atoms with Crippen molar-refractivity contribution in [2.45, 2.75) is 13.0 Å². The summed E-state index contributed by atoms with van der Waals surface area (Å²) < 4.78 is 11.2. The van der Waals surface area contributed by atoms with Crippen molar-refractivity contribution in [3.8, 4) is 11.4 Å². The zero-order valence-corrected chi connectivity index (χ0v) is 15.5. The Morgan fingerprint density at radius 2 is 2.04 bits per heavy atom. The second-order valence-corrected chi connectivity index (χ2v) is 6.78. The summed E-state index contributed by atoms with van der Waals surface area (Å²) in [5.74, 6) is 0.354. The summed E-state index contributed by atoms with van der Waals surface area (Å²) in [6.07, 6.45) is 1.47. The molecule has 1 aromatic carbocycles. The predicted molar refractivity (Wildman–Crippen MR) is 101 cm³/mol. The molecule has 0 aliphatic carbocycles. The van der Waals surface area contributed by atoms with Gasteiger partial charge in [-0.1, -0.05) is 35.0 Å². The third-order valence-corrected chi connectivity index (χ3v) is 4.83. The van der Waals surface area contributed by atoms with Crippen molar-refractivity contribution in [3.05, 3.63) is 70.6 Å². The Hall–Kier alpha value is -2.70. The quantitative estimate of drug-likeness (QED) is 0.685. The molecule has 0 unspecified atom stereocenters. The fourth-order valence-corrected chi connectivity index (χ4v) is 3.30. The number of morpholine rings is 1. The molecule has 4 rings (SSSR count). The summed E-state index contributed by atoms with van der Waals surface area (Å²) in [7, 11) is 0. The van der Waals surface area contributed by atoms with Gasteiger partial charge in [-0.3, -0.25) is 9.78 Å². The lowest BCUT2D eigenvalue weighted by molar-refractivity contribution is -0.0228. The Morgan fingerprint density at radius 3 is 2.78 bits per heavy atom. The molecular formula is C20H18ClN3O3. The van der Waals surface area contributed by atoms with Gasteiger partial charge in [0.05, 0.1) is 18.8 Å². The Balaban J connectivity index is 1.60. The number of hydrogen-bond acceptors (Lipinski definition) is 5. The summed E-state index contributed by atoms with van der Waals surface area (Å²) in [5.41, 5.74) is 2.52. The number of nitrogens with zero attached hydrogens (tertiary/aromatic N) is 3. The van der Waals surface area contributed by atoms with E-state index in [0.717, 1.165) is 5.56 Å². The average Bonchev–Trinajstić information content (AvgIpc) is 3.10. The SMILES string of the molecule is Cc1onc(-c2ccccn2)c1C(=O)N1CCO[C@H](c2ccc(Cl)cc2)C1. The Bertz CT molecular complexity index is 941. The Labute approximate surface area is 161 Å². The number of halogens is 1. The standard InChI is InChI=1S/C20H18ClN3O3/c1-13-18(19(23-27-13)16-4-2-3-9-22-16)20(25)24-10-11-26-17(12-24)14-5-7-15(21)8-6-14/h2-9,17H,10-12H2,1H3/t17-/m0/s1. The van der Waals surface area contributed by atoms with E-state index in [2.05, 4.69) is 10.1 Å². The lowest BCUT2D eigenvalue weighted by Crippen LogP contribution is -2.42. The minimum Gasteiger partial charge on any atom is -0.370 e. The van der Waals surface area contributed by atoms with E-state index >= 15 is 0 Å². The topological polar surface area (TPSA) is 68.5 Å². The first kappa shape index (κ1) is 17.7. The van der Waals surface area contributed by atoms with E-state index < -0.39 is 0 Å². The molecule has 1 amide bonds. The lowest BCUT2D eigenvalue weighted by atomic mass is 10.1. The number of rotatable bonds is 3. The zero-order chi connectivity index (χ0) is 18.8. The van der Waals surface area contributed by atoms with Crippen LogP contribution in [0.4, 0.5) is 0 Å². The van der Waals surface area contributed by atoms with Crippen LogP contribution in [0.5, 0.6) is 0 Å². The van der Waals surface area contributed by atoms with E-state index in [-0.39, 0.29) is 12.0 Å². The number of carbonyl (C=O) groups excluding carboxylic acids is 1. The van der Waals surface area contributed by atoms with Crippen LogP contribution in [0.1, 0.15) is 27.8 Å². The maximum absolute atomic E-state index is 13.2. The van der Waals surface area contributed by atoms with Crippen LogP contribution in [0, 0.1) is 6.92 Å². The first-order chi connectivity index (χ1) is 13.1. The van der Waals surface area contributed by atoms with Crippen molar-refractivity contribution in [3.63, 3.8) is 0 Å². The number of pyridine rings is 1. The summed E-state index contributed by atoms with van der Waals surface area (Å²) in [6, 6.07) is 13.0. The molecule has 2 aromatic heterocycles. The van der Waals surface area contributed by atoms with Gasteiger partial charge in [-0.05, 0) is 36.8 Å². The number of ether oxygens (including phenoxy) is 1. The van der Waals surface area contributed by atoms with Crippen molar-refractivity contribution < 1.29 is 14.1 Å². The molecule has 1 atom stereocenters. The molecular weight excluding hydrogens is 366 g/mol. The van der Waals surface area contributed by atoms with Gasteiger partial charge in [-0.2, -0.15) is 0 Å². The second kappa shape index (κ2) is 7.50. The highest BCUT2D eigenvalue weighted by atomic mass is 35.5. The number of amides is 1. The van der Waals surface area contributed by atoms with E-state index in [1.807, 2.05) is 42.5 Å². The molecule has 6 nitrogen and oxygen atoms in total. The Morgan fingerprint density at radius 1 is 1.22 bits per heavy atom. The minimum absolute atomic E-state index is 0.128. The molecule has 1 fully saturated rings. The molecule has 0 radical (unpaired) electrons. The van der Waals surface area contributed by atoms with Crippen molar-refractivity contribution in [2.24, 2.45) is 0 Å². The lowest BCUT2D eigenvalue weighted by Gasteiger charge is -2.33. The van der Waals surface area contributed by atoms with Gasteiger partial charge < -0.3 is 14.2 Å². The van der Waals surface area contributed by atoms with Gasteiger partial charge in [0.1, 0.15) is 23.1 Å². The fourth-order valence-electron chi connectivity index (χ4n) is 3.17. The summed E-state index contributed by atoms with van der Waals surface area (Å²) in [4.78, 5) is 19.3. The van der Waals surface area contributed by atoms with E-state index in [1.54, 1.807) is 18.0 Å². The first-order valence-electron chi connectivity index (χ1n) is 8.67. The zero-order valence-electron chi connectivity index (χ0n) is 14.8. The average molecular weight is 384 g/mol. The van der Waals surface area contributed by atoms with Crippen molar-refractivity contribution in [1.82, 2.24) is 15.0 Å². The summed E-state index contributed by atoms with van der Waals surface area (Å²) in [5, 5.41) is 4.73. The van der Waals surface area contributed by atoms with Crippen molar-refractivity contribution in [1.29, 1.82) is 0 Å². The number of aryl methyl sites for hydroxylation is 1. The maximum Gasteiger partial charge on any atom is 0.259 e. The maximum atomic E-state index is 13.2. The molecule has 1 aliphatic rings. The molecule has 7 heteroatoms. The van der Waals surface area contributed by atoms with E-state index in [9.17, 15) is 4.79 Å². The van der Waals surface area contributed by atoms with E-state index in [0.29, 0.717) is 47.4 Å². The molecule has 1 aliphatic heterocycles. The third kappa shape index (κ3) is 3.59. The van der Waals surface area contributed by atoms with Crippen LogP contribution in [0.15, 0.2) is 53.2 Å². The highest BCUT2D eigenvalue weighted by Gasteiger charge is 2.31. The summed E-state index contributed by atoms with van der Waals surface area (Å²) in [6.45, 7) is 3.16. The molecule has 1 saturated heterocycles. The largest absolute Gasteiger partial charge is 0.370 e. The second-order valence-electron chi connectivity index (χ2n) is 6.34. The van der Waals surface area contributed by atoms with Crippen LogP contribution in [-0.4, -0.2) is 40.6 Å². The van der Waals surface area contributed by atoms with Crippen LogP contribution in [-0.2, 0) is 4.74 Å². The summed E-state index contributed by atoms with van der Waals surface area (Å²) >= 11 is 5.96. The van der Waals surface area contributed by atoms with Gasteiger partial charge in [-0.15, -0.1) is 0 Å². The van der Waals surface area contributed by atoms with Crippen LogP contribution in [0.3, 0.4) is 0 Å². The molecule has 0 spiro atoms. The van der Waals surface area contributed by atoms with Gasteiger partial charge in [0.25, 0.3) is 5.91 Å². The van der Waals surface area contributed by atoms with Crippen LogP contribution in [0.2, 0.25) is 5.02 Å². The van der Waals surface area contributed by atoms with E-state index in [4.69, 9.17) is 20.9 Å². The van der Waals surface area contributed by atoms with Crippen molar-refractivity contribution in [2.75, 3.05) is 19.7 Å². The molecule has 0 saturated carbocycles. The van der Waals surface area contributed by atoms with Crippen LogP contribution < -0.4 is 0 Å². The first-order valence-corrected chi connectivity index (χ1v) is 9.05. The molecule has 3 heterocycles. The number of carbonyl (C=O) groups is 1. The number of benzene rings is 1. The molecule has 0 N–H and O–H groups in total. The third-order valence-electron chi connectivity index (χ3n) is 4.58. The Kier molecular flexibility index (Phi) is 4.92. The highest BCUT2D eigenvalue weighted by molar-refractivity contribution is 6.30. The molecule has 3 aromatic rings. The molecule has 27 heavy (non-hydrogen) atoms. The molecule has 0 bridgehead atoms. The monoisotopic (exact) mass is 383 g/mol.